The molecule has 2 atom stereocenters. The molecule has 0 aliphatic carbocycles. The summed E-state index contributed by atoms with van der Waals surface area (Å²) in [4.78, 5) is 32.3. The molecule has 2 aliphatic heterocycles. The Morgan fingerprint density at radius 3 is 2.71 bits per heavy atom. The smallest absolute Gasteiger partial charge is 0.338 e. The average Bonchev–Trinajstić information content (AvgIpc) is 3.07. The first-order valence-corrected chi connectivity index (χ1v) is 11.7. The molecule has 0 saturated heterocycles. The van der Waals surface area contributed by atoms with Gasteiger partial charge in [-0.15, -0.1) is 0 Å². The Labute approximate surface area is 192 Å². The molecule has 8 heteroatoms. The Balaban J connectivity index is 2.01. The van der Waals surface area contributed by atoms with E-state index < -0.39 is 12.0 Å². The lowest BCUT2D eigenvalue weighted by atomic mass is 9.94. The predicted octanol–water partition coefficient (Wildman–Crippen LogP) is 5.17. The van der Waals surface area contributed by atoms with E-state index in [1.54, 1.807) is 6.07 Å². The van der Waals surface area contributed by atoms with Gasteiger partial charge in [-0.3, -0.25) is 4.79 Å². The van der Waals surface area contributed by atoms with Gasteiger partial charge in [0.25, 0.3) is 0 Å². The number of ether oxygens (including phenoxy) is 1. The molecule has 0 fully saturated rings. The molecular formula is C23H28ClN3O3S. The van der Waals surface area contributed by atoms with E-state index in [2.05, 4.69) is 10.3 Å². The minimum Gasteiger partial charge on any atom is -0.459 e. The van der Waals surface area contributed by atoms with Gasteiger partial charge in [0.05, 0.1) is 29.8 Å². The normalized spacial score (nSPS) is 19.1. The van der Waals surface area contributed by atoms with Crippen molar-refractivity contribution >= 4 is 40.4 Å². The number of fused-ring (bicyclic) bond motifs is 1. The van der Waals surface area contributed by atoms with E-state index >= 15 is 0 Å². The Kier molecular flexibility index (Phi) is 7.49. The van der Waals surface area contributed by atoms with Crippen LogP contribution in [0.3, 0.4) is 0 Å². The molecule has 0 radical (unpaired) electrons. The zero-order valence-electron chi connectivity index (χ0n) is 18.4. The zero-order valence-corrected chi connectivity index (χ0v) is 20.0. The molecule has 0 saturated carbocycles. The monoisotopic (exact) mass is 461 g/mol. The van der Waals surface area contributed by atoms with Gasteiger partial charge in [-0.1, -0.05) is 42.4 Å². The van der Waals surface area contributed by atoms with E-state index in [-0.39, 0.29) is 24.5 Å². The number of rotatable bonds is 7. The Morgan fingerprint density at radius 2 is 2.06 bits per heavy atom. The summed E-state index contributed by atoms with van der Waals surface area (Å²) < 4.78 is 5.54. The number of amides is 1. The lowest BCUT2D eigenvalue weighted by Gasteiger charge is -2.36. The van der Waals surface area contributed by atoms with Gasteiger partial charge in [0.1, 0.15) is 0 Å². The molecule has 166 valence electrons. The summed E-state index contributed by atoms with van der Waals surface area (Å²) >= 11 is 7.73. The van der Waals surface area contributed by atoms with Crippen molar-refractivity contribution in [3.8, 4) is 0 Å². The van der Waals surface area contributed by atoms with Crippen LogP contribution >= 0.6 is 23.4 Å². The number of hydrogen-bond acceptors (Lipinski definition) is 6. The van der Waals surface area contributed by atoms with E-state index in [9.17, 15) is 9.59 Å². The number of carbonyl (C=O) groups excluding carboxylic acids is 2. The maximum atomic E-state index is 13.1. The van der Waals surface area contributed by atoms with Gasteiger partial charge in [0.2, 0.25) is 5.91 Å². The molecule has 1 N–H and O–H groups in total. The second-order valence-corrected chi connectivity index (χ2v) is 9.23. The number of esters is 1. The van der Waals surface area contributed by atoms with E-state index in [1.807, 2.05) is 63.1 Å². The van der Waals surface area contributed by atoms with Crippen molar-refractivity contribution in [1.82, 2.24) is 10.2 Å². The van der Waals surface area contributed by atoms with Crippen molar-refractivity contribution in [3.05, 3.63) is 57.2 Å². The van der Waals surface area contributed by atoms with E-state index in [1.165, 1.54) is 11.8 Å². The highest BCUT2D eigenvalue weighted by molar-refractivity contribution is 8.16. The lowest BCUT2D eigenvalue weighted by Crippen LogP contribution is -2.39. The molecular weight excluding hydrogens is 434 g/mol. The van der Waals surface area contributed by atoms with Gasteiger partial charge in [-0.2, -0.15) is 0 Å². The predicted molar refractivity (Wildman–Crippen MR) is 126 cm³/mol. The van der Waals surface area contributed by atoms with Gasteiger partial charge in [0, 0.05) is 16.8 Å². The standard InChI is InChI=1S/C23H28ClN3O3S/c1-6-14(4)25-19(28)11-18-12-31-23-26-15(5)20(22(29)30-13(2)3)21(27(18)23)16-8-7-9-17(24)10-16/h7-10,12-14,21H,6,11H2,1-5H3,(H,25,28)/t14-,21-/m1/s1. The zero-order chi connectivity index (χ0) is 22.7. The molecule has 1 aromatic rings. The average molecular weight is 462 g/mol. The number of hydrogen-bond donors (Lipinski definition) is 1. The third kappa shape index (κ3) is 5.33. The molecule has 3 rings (SSSR count). The molecule has 0 spiro atoms. The molecule has 6 nitrogen and oxygen atoms in total. The van der Waals surface area contributed by atoms with Crippen LogP contribution in [0.25, 0.3) is 0 Å². The number of amidine groups is 1. The number of nitrogens with zero attached hydrogens (tertiary/aromatic N) is 2. The van der Waals surface area contributed by atoms with Crippen LogP contribution in [-0.2, 0) is 14.3 Å². The summed E-state index contributed by atoms with van der Waals surface area (Å²) in [5, 5.41) is 6.23. The largest absolute Gasteiger partial charge is 0.459 e. The second-order valence-electron chi connectivity index (χ2n) is 7.96. The first kappa shape index (κ1) is 23.4. The van der Waals surface area contributed by atoms with Crippen LogP contribution in [0.2, 0.25) is 5.02 Å². The number of allylic oxidation sites excluding steroid dienone is 1. The maximum absolute atomic E-state index is 13.1. The number of thioether (sulfide) groups is 1. The summed E-state index contributed by atoms with van der Waals surface area (Å²) in [6.07, 6.45) is 0.787. The summed E-state index contributed by atoms with van der Waals surface area (Å²) in [7, 11) is 0. The summed E-state index contributed by atoms with van der Waals surface area (Å²) in [5.74, 6) is -0.481. The molecule has 0 unspecified atom stereocenters. The quantitative estimate of drug-likeness (QED) is 0.567. The number of benzene rings is 1. The minimum atomic E-state index is -0.477. The van der Waals surface area contributed by atoms with Crippen LogP contribution < -0.4 is 5.32 Å². The molecule has 1 amide bonds. The topological polar surface area (TPSA) is 71.0 Å². The van der Waals surface area contributed by atoms with Crippen molar-refractivity contribution < 1.29 is 14.3 Å². The van der Waals surface area contributed by atoms with Crippen LogP contribution in [0.1, 0.15) is 59.1 Å². The highest BCUT2D eigenvalue weighted by atomic mass is 35.5. The van der Waals surface area contributed by atoms with Crippen LogP contribution in [0, 0.1) is 0 Å². The van der Waals surface area contributed by atoms with Crippen LogP contribution in [0.15, 0.2) is 51.6 Å². The molecule has 0 aromatic heterocycles. The molecule has 1 aromatic carbocycles. The van der Waals surface area contributed by atoms with Gasteiger partial charge >= 0.3 is 5.97 Å². The summed E-state index contributed by atoms with van der Waals surface area (Å²) in [5.41, 5.74) is 2.69. The van der Waals surface area contributed by atoms with Crippen molar-refractivity contribution in [2.24, 2.45) is 4.99 Å². The molecule has 2 aliphatic rings. The van der Waals surface area contributed by atoms with E-state index in [0.29, 0.717) is 16.3 Å². The fourth-order valence-corrected chi connectivity index (χ4v) is 4.66. The molecule has 2 heterocycles. The van der Waals surface area contributed by atoms with Crippen molar-refractivity contribution in [2.45, 2.75) is 65.6 Å². The number of aliphatic imine (C=N–C) groups is 1. The summed E-state index contributed by atoms with van der Waals surface area (Å²) in [6, 6.07) is 7.03. The number of halogens is 1. The van der Waals surface area contributed by atoms with Gasteiger partial charge in [-0.25, -0.2) is 9.79 Å². The first-order chi connectivity index (χ1) is 14.7. The highest BCUT2D eigenvalue weighted by Crippen LogP contribution is 2.45. The highest BCUT2D eigenvalue weighted by Gasteiger charge is 2.41. The third-order valence-corrected chi connectivity index (χ3v) is 6.21. The molecule has 31 heavy (non-hydrogen) atoms. The SMILES string of the molecule is CC[C@@H](C)NC(=O)CC1=CSC2=NC(C)=C(C(=O)OC(C)C)[C@@H](c3cccc(Cl)c3)N12. The fourth-order valence-electron chi connectivity index (χ4n) is 3.49. The van der Waals surface area contributed by atoms with Crippen molar-refractivity contribution in [3.63, 3.8) is 0 Å². The maximum Gasteiger partial charge on any atom is 0.338 e. The Morgan fingerprint density at radius 1 is 1.32 bits per heavy atom. The van der Waals surface area contributed by atoms with Gasteiger partial charge in [0.15, 0.2) is 5.17 Å². The summed E-state index contributed by atoms with van der Waals surface area (Å²) in [6.45, 7) is 9.45. The number of carbonyl (C=O) groups is 2. The lowest BCUT2D eigenvalue weighted by molar-refractivity contribution is -0.143. The third-order valence-electron chi connectivity index (χ3n) is 5.09. The van der Waals surface area contributed by atoms with E-state index in [0.717, 1.165) is 22.8 Å². The molecule has 0 bridgehead atoms. The minimum absolute atomic E-state index is 0.0649. The van der Waals surface area contributed by atoms with Crippen molar-refractivity contribution in [1.29, 1.82) is 0 Å². The number of nitrogens with one attached hydrogen (secondary N) is 1. The Bertz CT molecular complexity index is 971. The van der Waals surface area contributed by atoms with Crippen LogP contribution in [-0.4, -0.2) is 34.1 Å². The van der Waals surface area contributed by atoms with Gasteiger partial charge < -0.3 is 15.0 Å². The van der Waals surface area contributed by atoms with E-state index in [4.69, 9.17) is 16.3 Å². The Hall–Kier alpha value is -2.25. The van der Waals surface area contributed by atoms with Crippen LogP contribution in [0.5, 0.6) is 0 Å². The second kappa shape index (κ2) is 9.92. The fraction of sp³-hybridized carbons (Fsp3) is 0.435. The first-order valence-electron chi connectivity index (χ1n) is 10.4. The van der Waals surface area contributed by atoms with Crippen LogP contribution in [0.4, 0.5) is 0 Å². The van der Waals surface area contributed by atoms with Crippen molar-refractivity contribution in [2.75, 3.05) is 0 Å². The van der Waals surface area contributed by atoms with Gasteiger partial charge in [-0.05, 0) is 57.2 Å².